The van der Waals surface area contributed by atoms with Crippen LogP contribution in [0.3, 0.4) is 0 Å². The second kappa shape index (κ2) is 7.14. The van der Waals surface area contributed by atoms with Crippen LogP contribution >= 0.6 is 12.4 Å². The Morgan fingerprint density at radius 3 is 2.23 bits per heavy atom. The molecule has 10 heteroatoms. The van der Waals surface area contributed by atoms with Crippen molar-refractivity contribution >= 4 is 32.3 Å². The van der Waals surface area contributed by atoms with Crippen molar-refractivity contribution in [1.29, 1.82) is 0 Å². The van der Waals surface area contributed by atoms with Crippen LogP contribution in [0.15, 0.2) is 28.0 Å². The number of sulfonamides is 1. The Balaban J connectivity index is 0.00000242. The summed E-state index contributed by atoms with van der Waals surface area (Å²) < 4.78 is 55.0. The van der Waals surface area contributed by atoms with Crippen molar-refractivity contribution in [3.05, 3.63) is 18.2 Å². The van der Waals surface area contributed by atoms with Crippen molar-refractivity contribution < 1.29 is 21.6 Å². The van der Waals surface area contributed by atoms with Crippen LogP contribution in [-0.2, 0) is 19.9 Å². The van der Waals surface area contributed by atoms with E-state index in [4.69, 9.17) is 4.74 Å². The molecule has 2 rings (SSSR count). The molecule has 0 spiro atoms. The van der Waals surface area contributed by atoms with Crippen LogP contribution in [0.4, 0.5) is 0 Å². The molecule has 0 amide bonds. The van der Waals surface area contributed by atoms with Gasteiger partial charge in [0.25, 0.3) is 0 Å². The molecular weight excluding hydrogens is 352 g/mol. The molecule has 0 bridgehead atoms. The lowest BCUT2D eigenvalue weighted by molar-refractivity contribution is 0.354. The van der Waals surface area contributed by atoms with Crippen molar-refractivity contribution in [3.63, 3.8) is 0 Å². The van der Waals surface area contributed by atoms with Gasteiger partial charge < -0.3 is 10.1 Å². The lowest BCUT2D eigenvalue weighted by Gasteiger charge is -2.27. The molecule has 1 N–H and O–H groups in total. The molecule has 0 aliphatic carbocycles. The number of hydrogen-bond donors (Lipinski definition) is 1. The zero-order chi connectivity index (χ0) is 15.7. The highest BCUT2D eigenvalue weighted by Gasteiger charge is 2.29. The Morgan fingerprint density at radius 1 is 1.14 bits per heavy atom. The summed E-state index contributed by atoms with van der Waals surface area (Å²) in [5, 5.41) is 3.07. The summed E-state index contributed by atoms with van der Waals surface area (Å²) in [6.45, 7) is 1.81. The van der Waals surface area contributed by atoms with Gasteiger partial charge in [0.2, 0.25) is 10.0 Å². The predicted molar refractivity (Wildman–Crippen MR) is 85.0 cm³/mol. The molecule has 0 unspecified atom stereocenters. The number of halogens is 1. The lowest BCUT2D eigenvalue weighted by Crippen LogP contribution is -2.46. The maximum Gasteiger partial charge on any atom is 0.246 e. The summed E-state index contributed by atoms with van der Waals surface area (Å²) in [5.74, 6) is 0.140. The number of nitrogens with zero attached hydrogens (tertiary/aromatic N) is 1. The van der Waals surface area contributed by atoms with E-state index in [1.165, 1.54) is 23.5 Å². The standard InChI is InChI=1S/C12H18N2O5S2.ClH/c1-19-11-4-3-10(20(2,15)16)9-12(11)21(17,18)14-7-5-13-6-8-14;/h3-4,9,13H,5-8H2,1-2H3;1H. The number of benzene rings is 1. The number of nitrogens with one attached hydrogen (secondary N) is 1. The average molecular weight is 371 g/mol. The molecule has 1 aliphatic rings. The van der Waals surface area contributed by atoms with Gasteiger partial charge in [-0.1, -0.05) is 0 Å². The molecule has 126 valence electrons. The first-order valence-corrected chi connectivity index (χ1v) is 9.69. The largest absolute Gasteiger partial charge is 0.495 e. The Kier molecular flexibility index (Phi) is 6.22. The van der Waals surface area contributed by atoms with Gasteiger partial charge in [0, 0.05) is 32.4 Å². The lowest BCUT2D eigenvalue weighted by atomic mass is 10.3. The Bertz CT molecular complexity index is 728. The van der Waals surface area contributed by atoms with E-state index >= 15 is 0 Å². The Hall–Kier alpha value is -0.870. The van der Waals surface area contributed by atoms with Gasteiger partial charge in [-0.3, -0.25) is 0 Å². The average Bonchev–Trinajstić information content (AvgIpc) is 2.46. The Labute approximate surface area is 137 Å². The van der Waals surface area contributed by atoms with E-state index < -0.39 is 19.9 Å². The van der Waals surface area contributed by atoms with Crippen molar-refractivity contribution in [2.45, 2.75) is 9.79 Å². The van der Waals surface area contributed by atoms with E-state index in [2.05, 4.69) is 5.32 Å². The second-order valence-corrected chi connectivity index (χ2v) is 8.66. The van der Waals surface area contributed by atoms with Gasteiger partial charge in [-0.2, -0.15) is 4.31 Å². The highest BCUT2D eigenvalue weighted by atomic mass is 35.5. The second-order valence-electron chi connectivity index (χ2n) is 4.74. The number of methoxy groups -OCH3 is 1. The third-order valence-electron chi connectivity index (χ3n) is 3.26. The van der Waals surface area contributed by atoms with Gasteiger partial charge in [0.15, 0.2) is 9.84 Å². The number of hydrogen-bond acceptors (Lipinski definition) is 6. The van der Waals surface area contributed by atoms with Crippen LogP contribution in [0, 0.1) is 0 Å². The van der Waals surface area contributed by atoms with Crippen LogP contribution in [-0.4, -0.2) is 60.7 Å². The van der Waals surface area contributed by atoms with E-state index in [0.29, 0.717) is 26.2 Å². The van der Waals surface area contributed by atoms with Crippen molar-refractivity contribution in [2.24, 2.45) is 0 Å². The molecule has 1 aromatic rings. The van der Waals surface area contributed by atoms with Crippen molar-refractivity contribution in [3.8, 4) is 5.75 Å². The van der Waals surface area contributed by atoms with Crippen LogP contribution in [0.5, 0.6) is 5.75 Å². The fourth-order valence-electron chi connectivity index (χ4n) is 2.11. The first kappa shape index (κ1) is 19.2. The molecule has 1 fully saturated rings. The third-order valence-corrected chi connectivity index (χ3v) is 6.29. The summed E-state index contributed by atoms with van der Waals surface area (Å²) in [5.41, 5.74) is 0. The molecule has 1 heterocycles. The zero-order valence-corrected chi connectivity index (χ0v) is 14.7. The van der Waals surface area contributed by atoms with Gasteiger partial charge in [-0.05, 0) is 18.2 Å². The first-order valence-electron chi connectivity index (χ1n) is 6.36. The minimum atomic E-state index is -3.78. The summed E-state index contributed by atoms with van der Waals surface area (Å²) in [6, 6.07) is 3.86. The maximum absolute atomic E-state index is 12.7. The smallest absolute Gasteiger partial charge is 0.246 e. The topological polar surface area (TPSA) is 92.8 Å². The van der Waals surface area contributed by atoms with Crippen LogP contribution < -0.4 is 10.1 Å². The van der Waals surface area contributed by atoms with E-state index in [-0.39, 0.29) is 27.9 Å². The third kappa shape index (κ3) is 3.90. The monoisotopic (exact) mass is 370 g/mol. The summed E-state index contributed by atoms with van der Waals surface area (Å²) in [4.78, 5) is -0.160. The molecule has 0 saturated carbocycles. The highest BCUT2D eigenvalue weighted by molar-refractivity contribution is 7.91. The quantitative estimate of drug-likeness (QED) is 0.809. The molecule has 1 saturated heterocycles. The van der Waals surface area contributed by atoms with Crippen molar-refractivity contribution in [2.75, 3.05) is 39.5 Å². The molecule has 1 aromatic carbocycles. The number of sulfone groups is 1. The predicted octanol–water partition coefficient (Wildman–Crippen LogP) is 0.114. The first-order chi connectivity index (χ1) is 9.76. The van der Waals surface area contributed by atoms with Gasteiger partial charge in [0.05, 0.1) is 12.0 Å². The van der Waals surface area contributed by atoms with E-state index in [9.17, 15) is 16.8 Å². The molecular formula is C12H19ClN2O5S2. The minimum Gasteiger partial charge on any atom is -0.495 e. The van der Waals surface area contributed by atoms with Gasteiger partial charge in [0.1, 0.15) is 10.6 Å². The fourth-order valence-corrected chi connectivity index (χ4v) is 4.46. The number of rotatable bonds is 4. The van der Waals surface area contributed by atoms with Gasteiger partial charge in [-0.15, -0.1) is 12.4 Å². The molecule has 1 aliphatic heterocycles. The minimum absolute atomic E-state index is 0. The highest BCUT2D eigenvalue weighted by Crippen LogP contribution is 2.29. The molecule has 0 aromatic heterocycles. The van der Waals surface area contributed by atoms with Gasteiger partial charge in [-0.25, -0.2) is 16.8 Å². The van der Waals surface area contributed by atoms with Crippen LogP contribution in [0.2, 0.25) is 0 Å². The maximum atomic E-state index is 12.7. The molecule has 7 nitrogen and oxygen atoms in total. The molecule has 0 radical (unpaired) electrons. The normalized spacial score (nSPS) is 16.8. The van der Waals surface area contributed by atoms with E-state index in [1.54, 1.807) is 0 Å². The van der Waals surface area contributed by atoms with Crippen LogP contribution in [0.25, 0.3) is 0 Å². The van der Waals surface area contributed by atoms with Crippen molar-refractivity contribution in [1.82, 2.24) is 9.62 Å². The zero-order valence-electron chi connectivity index (χ0n) is 12.3. The summed E-state index contributed by atoms with van der Waals surface area (Å²) in [6.07, 6.45) is 1.04. The molecule has 22 heavy (non-hydrogen) atoms. The molecule has 0 atom stereocenters. The number of piperazine rings is 1. The van der Waals surface area contributed by atoms with Gasteiger partial charge >= 0.3 is 0 Å². The fraction of sp³-hybridized carbons (Fsp3) is 0.500. The summed E-state index contributed by atoms with van der Waals surface area (Å²) >= 11 is 0. The van der Waals surface area contributed by atoms with E-state index in [0.717, 1.165) is 12.3 Å². The SMILES string of the molecule is COc1ccc(S(C)(=O)=O)cc1S(=O)(=O)N1CCNCC1.Cl. The van der Waals surface area contributed by atoms with Crippen LogP contribution in [0.1, 0.15) is 0 Å². The Morgan fingerprint density at radius 2 is 1.73 bits per heavy atom. The summed E-state index contributed by atoms with van der Waals surface area (Å²) in [7, 11) is -5.92. The number of ether oxygens (including phenoxy) is 1. The van der Waals surface area contributed by atoms with E-state index in [1.807, 2.05) is 0 Å².